The number of nitrogens with zero attached hydrogens (tertiary/aromatic N) is 2. The Morgan fingerprint density at radius 1 is 0.780 bits per heavy atom. The van der Waals surface area contributed by atoms with Gasteiger partial charge in [-0.05, 0) is 29.7 Å². The first-order chi connectivity index (χ1) is 19.8. The van der Waals surface area contributed by atoms with E-state index in [1.807, 2.05) is 60.7 Å². The normalized spacial score (nSPS) is 14.3. The van der Waals surface area contributed by atoms with E-state index in [1.54, 1.807) is 13.0 Å². The second kappa shape index (κ2) is 11.9. The molecule has 0 bridgehead atoms. The lowest BCUT2D eigenvalue weighted by atomic mass is 10.2. The van der Waals surface area contributed by atoms with E-state index in [9.17, 15) is 19.2 Å². The third kappa shape index (κ3) is 5.70. The summed E-state index contributed by atoms with van der Waals surface area (Å²) >= 11 is 2.23. The van der Waals surface area contributed by atoms with Crippen LogP contribution in [0.2, 0.25) is 0 Å². The molecule has 0 saturated carbocycles. The van der Waals surface area contributed by atoms with Gasteiger partial charge in [-0.15, -0.1) is 0 Å². The van der Waals surface area contributed by atoms with Crippen molar-refractivity contribution < 1.29 is 28.7 Å². The predicted octanol–water partition coefficient (Wildman–Crippen LogP) is 5.57. The monoisotopic (exact) mass is 584 g/mol. The third-order valence-electron chi connectivity index (χ3n) is 6.22. The molecule has 10 heteroatoms. The molecule has 2 heterocycles. The van der Waals surface area contributed by atoms with Crippen LogP contribution in [0.15, 0.2) is 112 Å². The van der Waals surface area contributed by atoms with Crippen LogP contribution in [0.5, 0.6) is 11.5 Å². The van der Waals surface area contributed by atoms with Crippen LogP contribution in [0.4, 0.5) is 0 Å². The number of carbonyl (C=O) groups is 4. The summed E-state index contributed by atoms with van der Waals surface area (Å²) in [4.78, 5) is 53.0. The molecule has 41 heavy (non-hydrogen) atoms. The number of hydrazine groups is 1. The van der Waals surface area contributed by atoms with Gasteiger partial charge in [0.25, 0.3) is 11.8 Å². The molecule has 1 saturated heterocycles. The summed E-state index contributed by atoms with van der Waals surface area (Å²) in [5.41, 5.74) is 2.23. The molecule has 2 aliphatic heterocycles. The van der Waals surface area contributed by atoms with Gasteiger partial charge in [-0.1, -0.05) is 97.3 Å². The van der Waals surface area contributed by atoms with Crippen molar-refractivity contribution in [3.63, 3.8) is 0 Å². The lowest BCUT2D eigenvalue weighted by Gasteiger charge is -2.27. The van der Waals surface area contributed by atoms with Gasteiger partial charge >= 0.3 is 11.9 Å². The van der Waals surface area contributed by atoms with Crippen LogP contribution < -0.4 is 9.47 Å². The van der Waals surface area contributed by atoms with Crippen LogP contribution in [0.1, 0.15) is 16.7 Å². The van der Waals surface area contributed by atoms with Gasteiger partial charge in [0.2, 0.25) is 0 Å². The zero-order chi connectivity index (χ0) is 29.1. The maximum atomic E-state index is 13.9. The molecule has 0 aromatic heterocycles. The second-order valence-corrected chi connectivity index (χ2v) is 11.3. The first-order valence-corrected chi connectivity index (χ1v) is 14.1. The second-order valence-electron chi connectivity index (χ2n) is 8.99. The number of hydrogen-bond donors (Lipinski definition) is 0. The Morgan fingerprint density at radius 2 is 1.27 bits per heavy atom. The Morgan fingerprint density at radius 3 is 1.78 bits per heavy atom. The molecule has 0 spiro atoms. The summed E-state index contributed by atoms with van der Waals surface area (Å²) in [5, 5.41) is 2.89. The van der Waals surface area contributed by atoms with Gasteiger partial charge in [-0.25, -0.2) is 19.6 Å². The summed E-state index contributed by atoms with van der Waals surface area (Å²) in [6, 6.07) is 20.4. The van der Waals surface area contributed by atoms with Gasteiger partial charge in [-0.2, -0.15) is 0 Å². The molecule has 8 nitrogen and oxygen atoms in total. The molecular weight excluding hydrogens is 560 g/mol. The van der Waals surface area contributed by atoms with E-state index in [0.717, 1.165) is 46.8 Å². The quantitative estimate of drug-likeness (QED) is 0.147. The minimum absolute atomic E-state index is 0.0114. The predicted molar refractivity (Wildman–Crippen MR) is 156 cm³/mol. The zero-order valence-corrected chi connectivity index (χ0v) is 23.6. The number of thioether (sulfide) groups is 2. The molecule has 2 aliphatic rings. The molecule has 0 unspecified atom stereocenters. The summed E-state index contributed by atoms with van der Waals surface area (Å²) in [6.45, 7) is 8.99. The average molecular weight is 585 g/mol. The highest BCUT2D eigenvalue weighted by molar-refractivity contribution is 8.25. The number of benzene rings is 3. The summed E-state index contributed by atoms with van der Waals surface area (Å²) in [5.74, 6) is -1.82. The Bertz CT molecular complexity index is 1560. The van der Waals surface area contributed by atoms with Gasteiger partial charge in [-0.3, -0.25) is 9.59 Å². The number of fused-ring (bicyclic) bond motifs is 1. The molecule has 3 aromatic rings. The maximum absolute atomic E-state index is 13.9. The lowest BCUT2D eigenvalue weighted by molar-refractivity contribution is -0.149. The maximum Gasteiger partial charge on any atom is 0.335 e. The number of esters is 2. The summed E-state index contributed by atoms with van der Waals surface area (Å²) in [6.07, 6.45) is 2.07. The number of amides is 2. The van der Waals surface area contributed by atoms with Crippen molar-refractivity contribution in [3.05, 3.63) is 119 Å². The van der Waals surface area contributed by atoms with Gasteiger partial charge in [0.1, 0.15) is 17.1 Å². The van der Waals surface area contributed by atoms with Crippen LogP contribution in [-0.4, -0.2) is 33.8 Å². The van der Waals surface area contributed by atoms with Gasteiger partial charge < -0.3 is 9.47 Å². The van der Waals surface area contributed by atoms with E-state index >= 15 is 0 Å². The van der Waals surface area contributed by atoms with E-state index in [0.29, 0.717) is 19.6 Å². The SMILES string of the molecule is C=CC(=O)Oc1cc(C)c(OC(=O)C=C)c2c1SC(=C1C(=O)N(Cc3ccccc3)N(Cc3ccccc3)C1=O)S2. The smallest absolute Gasteiger partial charge is 0.335 e. The molecule has 0 atom stereocenters. The van der Waals surface area contributed by atoms with E-state index in [4.69, 9.17) is 9.47 Å². The van der Waals surface area contributed by atoms with Crippen LogP contribution in [0.25, 0.3) is 0 Å². The first kappa shape index (κ1) is 28.0. The minimum Gasteiger partial charge on any atom is -0.422 e. The molecule has 2 amide bonds. The van der Waals surface area contributed by atoms with E-state index in [-0.39, 0.29) is 30.2 Å². The number of carbonyl (C=O) groups excluding carboxylic acids is 4. The van der Waals surface area contributed by atoms with Crippen LogP contribution >= 0.6 is 23.5 Å². The Balaban J connectivity index is 1.58. The molecule has 1 fully saturated rings. The summed E-state index contributed by atoms with van der Waals surface area (Å²) < 4.78 is 11.4. The lowest BCUT2D eigenvalue weighted by Crippen LogP contribution is -2.39. The summed E-state index contributed by atoms with van der Waals surface area (Å²) in [7, 11) is 0. The number of hydrogen-bond acceptors (Lipinski definition) is 8. The fourth-order valence-corrected chi connectivity index (χ4v) is 7.00. The first-order valence-electron chi connectivity index (χ1n) is 12.5. The van der Waals surface area contributed by atoms with Crippen molar-refractivity contribution in [2.45, 2.75) is 29.8 Å². The zero-order valence-electron chi connectivity index (χ0n) is 22.0. The third-order valence-corrected chi connectivity index (χ3v) is 8.83. The van der Waals surface area contributed by atoms with Gasteiger partial charge in [0.15, 0.2) is 0 Å². The fraction of sp³-hybridized carbons (Fsp3) is 0.0968. The molecule has 206 valence electrons. The Hall–Kier alpha value is -4.54. The van der Waals surface area contributed by atoms with E-state index < -0.39 is 23.8 Å². The van der Waals surface area contributed by atoms with Crippen molar-refractivity contribution in [1.29, 1.82) is 0 Å². The van der Waals surface area contributed by atoms with Crippen molar-refractivity contribution in [3.8, 4) is 11.5 Å². The fourth-order valence-electron chi connectivity index (χ4n) is 4.28. The topological polar surface area (TPSA) is 93.2 Å². The number of aryl methyl sites for hydroxylation is 1. The Kier molecular flexibility index (Phi) is 8.14. The molecule has 0 N–H and O–H groups in total. The van der Waals surface area contributed by atoms with Crippen molar-refractivity contribution in [2.24, 2.45) is 0 Å². The van der Waals surface area contributed by atoms with E-state index in [1.165, 1.54) is 10.0 Å². The highest BCUT2D eigenvalue weighted by atomic mass is 32.2. The molecule has 0 aliphatic carbocycles. The van der Waals surface area contributed by atoms with Crippen molar-refractivity contribution in [2.75, 3.05) is 0 Å². The van der Waals surface area contributed by atoms with Crippen LogP contribution in [0, 0.1) is 6.92 Å². The number of ether oxygens (including phenoxy) is 2. The number of rotatable bonds is 8. The van der Waals surface area contributed by atoms with E-state index in [2.05, 4.69) is 13.2 Å². The molecule has 5 rings (SSSR count). The Labute approximate surface area is 245 Å². The standard InChI is InChI=1S/C31H24N2O6S2/c1-4-23(34)38-22-16-19(3)26(39-24(35)5-2)28-27(22)40-31(41-28)25-29(36)32(17-20-12-8-6-9-13-20)33(30(25)37)18-21-14-10-7-11-15-21/h4-16H,1-2,17-18H2,3H3. The highest BCUT2D eigenvalue weighted by Crippen LogP contribution is 2.60. The van der Waals surface area contributed by atoms with Crippen LogP contribution in [-0.2, 0) is 32.3 Å². The van der Waals surface area contributed by atoms with Gasteiger partial charge in [0.05, 0.1) is 27.1 Å². The molecular formula is C31H24N2O6S2. The largest absolute Gasteiger partial charge is 0.422 e. The minimum atomic E-state index is -0.676. The highest BCUT2D eigenvalue weighted by Gasteiger charge is 2.45. The van der Waals surface area contributed by atoms with Gasteiger partial charge in [0, 0.05) is 12.2 Å². The molecule has 0 radical (unpaired) electrons. The molecule has 3 aromatic carbocycles. The average Bonchev–Trinajstić information content (AvgIpc) is 3.51. The van der Waals surface area contributed by atoms with Crippen molar-refractivity contribution >= 4 is 47.3 Å². The van der Waals surface area contributed by atoms with Crippen LogP contribution in [0.3, 0.4) is 0 Å². The van der Waals surface area contributed by atoms with Crippen molar-refractivity contribution in [1.82, 2.24) is 10.0 Å².